The molecule has 5 rings (SSSR count). The maximum atomic E-state index is 12.6. The Labute approximate surface area is 164 Å². The van der Waals surface area contributed by atoms with Gasteiger partial charge in [0.2, 0.25) is 0 Å². The lowest BCUT2D eigenvalue weighted by Gasteiger charge is -2.33. The van der Waals surface area contributed by atoms with Crippen molar-refractivity contribution in [3.05, 3.63) is 53.3 Å². The van der Waals surface area contributed by atoms with E-state index in [0.717, 1.165) is 61.1 Å². The Morgan fingerprint density at radius 1 is 1.07 bits per heavy atom. The molecular formula is C22H25N5O. The number of benzene rings is 1. The van der Waals surface area contributed by atoms with Crippen LogP contribution in [0.2, 0.25) is 0 Å². The molecule has 3 heterocycles. The van der Waals surface area contributed by atoms with E-state index in [4.69, 9.17) is 0 Å². The van der Waals surface area contributed by atoms with Crippen molar-refractivity contribution in [2.45, 2.75) is 44.6 Å². The van der Waals surface area contributed by atoms with Crippen molar-refractivity contribution < 1.29 is 4.79 Å². The molecule has 2 aliphatic rings. The highest BCUT2D eigenvalue weighted by Gasteiger charge is 2.23. The summed E-state index contributed by atoms with van der Waals surface area (Å²) in [5, 5.41) is 13.2. The molecule has 1 amide bonds. The van der Waals surface area contributed by atoms with Gasteiger partial charge in [-0.25, -0.2) is 0 Å². The van der Waals surface area contributed by atoms with Crippen molar-refractivity contribution in [1.29, 1.82) is 0 Å². The number of rotatable bonds is 3. The number of fused-ring (bicyclic) bond motifs is 2. The molecule has 0 unspecified atom stereocenters. The minimum Gasteiger partial charge on any atom is -0.361 e. The zero-order chi connectivity index (χ0) is 18.9. The average molecular weight is 375 g/mol. The molecule has 1 fully saturated rings. The molecule has 28 heavy (non-hydrogen) atoms. The summed E-state index contributed by atoms with van der Waals surface area (Å²) in [6.07, 6.45) is 8.41. The fourth-order valence-corrected chi connectivity index (χ4v) is 4.35. The minimum absolute atomic E-state index is 0.00937. The predicted octanol–water partition coefficient (Wildman–Crippen LogP) is 3.24. The standard InChI is InChI=1S/C22H25N5O/c28-22(17-5-6-19-16(13-17)7-10-23-19)24-18-8-11-27(12-9-18)21-14-15-3-1-2-4-20(15)25-26-21/h5-7,10,13-14,18,23H,1-4,8-9,11-12H2,(H,24,28). The number of nitrogens with one attached hydrogen (secondary N) is 2. The molecule has 0 saturated carbocycles. The highest BCUT2D eigenvalue weighted by Crippen LogP contribution is 2.24. The predicted molar refractivity (Wildman–Crippen MR) is 110 cm³/mol. The molecule has 144 valence electrons. The van der Waals surface area contributed by atoms with Gasteiger partial charge >= 0.3 is 0 Å². The second kappa shape index (κ2) is 7.26. The molecule has 1 saturated heterocycles. The Hall–Kier alpha value is -2.89. The average Bonchev–Trinajstić information content (AvgIpc) is 3.22. The van der Waals surface area contributed by atoms with Gasteiger partial charge in [-0.1, -0.05) is 0 Å². The summed E-state index contributed by atoms with van der Waals surface area (Å²) < 4.78 is 0. The van der Waals surface area contributed by atoms with Crippen LogP contribution in [0, 0.1) is 0 Å². The first-order valence-corrected chi connectivity index (χ1v) is 10.2. The van der Waals surface area contributed by atoms with Crippen LogP contribution in [0.4, 0.5) is 5.82 Å². The fraction of sp³-hybridized carbons (Fsp3) is 0.409. The maximum Gasteiger partial charge on any atom is 0.251 e. The smallest absolute Gasteiger partial charge is 0.251 e. The van der Waals surface area contributed by atoms with E-state index in [2.05, 4.69) is 31.5 Å². The van der Waals surface area contributed by atoms with Gasteiger partial charge in [-0.3, -0.25) is 4.79 Å². The third kappa shape index (κ3) is 3.35. The third-order valence-electron chi connectivity index (χ3n) is 6.03. The Kier molecular flexibility index (Phi) is 4.47. The van der Waals surface area contributed by atoms with Crippen LogP contribution >= 0.6 is 0 Å². The first-order chi connectivity index (χ1) is 13.8. The Morgan fingerprint density at radius 2 is 1.93 bits per heavy atom. The van der Waals surface area contributed by atoms with Crippen LogP contribution in [0.1, 0.15) is 47.3 Å². The summed E-state index contributed by atoms with van der Waals surface area (Å²) >= 11 is 0. The van der Waals surface area contributed by atoms with Gasteiger partial charge in [0.15, 0.2) is 5.82 Å². The van der Waals surface area contributed by atoms with E-state index < -0.39 is 0 Å². The van der Waals surface area contributed by atoms with Crippen molar-refractivity contribution >= 4 is 22.6 Å². The maximum absolute atomic E-state index is 12.6. The Bertz CT molecular complexity index is 1000. The van der Waals surface area contributed by atoms with Gasteiger partial charge in [0.1, 0.15) is 0 Å². The van der Waals surface area contributed by atoms with Gasteiger partial charge in [0.05, 0.1) is 5.69 Å². The van der Waals surface area contributed by atoms with E-state index in [0.29, 0.717) is 0 Å². The number of nitrogens with zero attached hydrogens (tertiary/aromatic N) is 3. The number of aromatic amines is 1. The molecular weight excluding hydrogens is 350 g/mol. The normalized spacial score (nSPS) is 17.5. The summed E-state index contributed by atoms with van der Waals surface area (Å²) in [5.74, 6) is 0.999. The van der Waals surface area contributed by atoms with Crippen LogP contribution in [0.25, 0.3) is 10.9 Å². The highest BCUT2D eigenvalue weighted by atomic mass is 16.1. The van der Waals surface area contributed by atoms with Gasteiger partial charge in [0, 0.05) is 41.8 Å². The quantitative estimate of drug-likeness (QED) is 0.737. The van der Waals surface area contributed by atoms with E-state index >= 15 is 0 Å². The Balaban J connectivity index is 1.20. The second-order valence-corrected chi connectivity index (χ2v) is 7.90. The third-order valence-corrected chi connectivity index (χ3v) is 6.03. The fourth-order valence-electron chi connectivity index (χ4n) is 4.35. The molecule has 1 aliphatic heterocycles. The van der Waals surface area contributed by atoms with Crippen LogP contribution < -0.4 is 10.2 Å². The molecule has 0 bridgehead atoms. The number of hydrogen-bond donors (Lipinski definition) is 2. The molecule has 0 spiro atoms. The van der Waals surface area contributed by atoms with Crippen molar-refractivity contribution in [2.75, 3.05) is 18.0 Å². The minimum atomic E-state index is 0.00937. The Morgan fingerprint density at radius 3 is 2.82 bits per heavy atom. The van der Waals surface area contributed by atoms with Crippen LogP contribution in [0.5, 0.6) is 0 Å². The van der Waals surface area contributed by atoms with Gasteiger partial charge in [-0.05, 0) is 74.4 Å². The lowest BCUT2D eigenvalue weighted by Crippen LogP contribution is -2.45. The van der Waals surface area contributed by atoms with Gasteiger partial charge in [-0.15, -0.1) is 5.10 Å². The number of carbonyl (C=O) groups is 1. The zero-order valence-corrected chi connectivity index (χ0v) is 15.9. The van der Waals surface area contributed by atoms with E-state index in [-0.39, 0.29) is 11.9 Å². The number of aromatic nitrogens is 3. The number of piperidine rings is 1. The molecule has 3 aromatic rings. The SMILES string of the molecule is O=C(NC1CCN(c2cc3c(nn2)CCCC3)CC1)c1ccc2[nH]ccc2c1. The largest absolute Gasteiger partial charge is 0.361 e. The van der Waals surface area contributed by atoms with Gasteiger partial charge in [0.25, 0.3) is 5.91 Å². The summed E-state index contributed by atoms with van der Waals surface area (Å²) in [6, 6.07) is 10.2. The van der Waals surface area contributed by atoms with Crippen LogP contribution in [-0.4, -0.2) is 40.2 Å². The second-order valence-electron chi connectivity index (χ2n) is 7.90. The van der Waals surface area contributed by atoms with Crippen molar-refractivity contribution in [3.8, 4) is 0 Å². The van der Waals surface area contributed by atoms with Crippen molar-refractivity contribution in [2.24, 2.45) is 0 Å². The van der Waals surface area contributed by atoms with Crippen LogP contribution in [0.3, 0.4) is 0 Å². The molecule has 1 aromatic carbocycles. The lowest BCUT2D eigenvalue weighted by atomic mass is 9.96. The zero-order valence-electron chi connectivity index (χ0n) is 15.9. The van der Waals surface area contributed by atoms with E-state index in [1.807, 2.05) is 30.5 Å². The number of anilines is 1. The van der Waals surface area contributed by atoms with E-state index in [1.54, 1.807) is 0 Å². The molecule has 0 radical (unpaired) electrons. The monoisotopic (exact) mass is 375 g/mol. The number of aryl methyl sites for hydroxylation is 2. The summed E-state index contributed by atoms with van der Waals surface area (Å²) in [4.78, 5) is 18.1. The molecule has 2 N–H and O–H groups in total. The first-order valence-electron chi connectivity index (χ1n) is 10.2. The lowest BCUT2D eigenvalue weighted by molar-refractivity contribution is 0.0931. The number of hydrogen-bond acceptors (Lipinski definition) is 4. The van der Waals surface area contributed by atoms with Gasteiger partial charge in [-0.2, -0.15) is 5.10 Å². The first kappa shape index (κ1) is 17.2. The number of H-pyrrole nitrogens is 1. The summed E-state index contributed by atoms with van der Waals surface area (Å²) in [7, 11) is 0. The van der Waals surface area contributed by atoms with Crippen LogP contribution in [-0.2, 0) is 12.8 Å². The van der Waals surface area contributed by atoms with Gasteiger partial charge < -0.3 is 15.2 Å². The van der Waals surface area contributed by atoms with E-state index in [1.165, 1.54) is 24.1 Å². The van der Waals surface area contributed by atoms with Crippen molar-refractivity contribution in [3.63, 3.8) is 0 Å². The highest BCUT2D eigenvalue weighted by molar-refractivity contribution is 5.98. The van der Waals surface area contributed by atoms with Crippen molar-refractivity contribution in [1.82, 2.24) is 20.5 Å². The summed E-state index contributed by atoms with van der Waals surface area (Å²) in [5.41, 5.74) is 4.31. The molecule has 6 heteroatoms. The molecule has 6 nitrogen and oxygen atoms in total. The number of amides is 1. The van der Waals surface area contributed by atoms with Crippen LogP contribution in [0.15, 0.2) is 36.5 Å². The number of carbonyl (C=O) groups excluding carboxylic acids is 1. The summed E-state index contributed by atoms with van der Waals surface area (Å²) in [6.45, 7) is 1.80. The van der Waals surface area contributed by atoms with E-state index in [9.17, 15) is 4.79 Å². The molecule has 2 aromatic heterocycles. The molecule has 1 aliphatic carbocycles. The topological polar surface area (TPSA) is 73.9 Å². The molecule has 0 atom stereocenters.